The normalized spacial score (nSPS) is 13.7. The Morgan fingerprint density at radius 1 is 1.16 bits per heavy atom. The molecule has 2 aromatic carbocycles. The summed E-state index contributed by atoms with van der Waals surface area (Å²) in [6, 6.07) is 11.0. The van der Waals surface area contributed by atoms with Gasteiger partial charge in [-0.3, -0.25) is 9.52 Å². The molecule has 32 heavy (non-hydrogen) atoms. The van der Waals surface area contributed by atoms with Crippen LogP contribution in [0.2, 0.25) is 0 Å². The SMILES string of the molecule is CS(=O)(=O)Nc1ccc(C(=O)CSc2nnnn2-c2ccc(C(=O)O)cc2C2CC2)cc1. The quantitative estimate of drug-likeness (QED) is 0.354. The fourth-order valence-electron chi connectivity index (χ4n) is 3.17. The summed E-state index contributed by atoms with van der Waals surface area (Å²) in [5.74, 6) is -0.815. The highest BCUT2D eigenvalue weighted by Crippen LogP contribution is 2.43. The number of sulfonamides is 1. The molecule has 10 nitrogen and oxygen atoms in total. The first-order chi connectivity index (χ1) is 15.2. The summed E-state index contributed by atoms with van der Waals surface area (Å²) < 4.78 is 26.5. The van der Waals surface area contributed by atoms with Crippen molar-refractivity contribution in [2.75, 3.05) is 16.7 Å². The van der Waals surface area contributed by atoms with Gasteiger partial charge in [0.2, 0.25) is 15.2 Å². The van der Waals surface area contributed by atoms with Gasteiger partial charge >= 0.3 is 5.97 Å². The number of tetrazole rings is 1. The second kappa shape index (κ2) is 8.71. The van der Waals surface area contributed by atoms with Gasteiger partial charge in [-0.1, -0.05) is 11.8 Å². The average molecular weight is 474 g/mol. The maximum Gasteiger partial charge on any atom is 0.335 e. The van der Waals surface area contributed by atoms with E-state index in [1.54, 1.807) is 24.3 Å². The Balaban J connectivity index is 1.49. The van der Waals surface area contributed by atoms with Crippen LogP contribution in [0.15, 0.2) is 47.6 Å². The number of rotatable bonds is 9. The van der Waals surface area contributed by atoms with E-state index in [0.29, 0.717) is 22.1 Å². The Hall–Kier alpha value is -3.25. The molecule has 1 aliphatic carbocycles. The highest BCUT2D eigenvalue weighted by molar-refractivity contribution is 7.99. The number of aromatic carboxylic acids is 1. The number of nitrogens with one attached hydrogen (secondary N) is 1. The molecule has 1 aromatic heterocycles. The van der Waals surface area contributed by atoms with Gasteiger partial charge in [0.05, 0.1) is 23.3 Å². The van der Waals surface area contributed by atoms with E-state index in [0.717, 1.165) is 24.7 Å². The van der Waals surface area contributed by atoms with Gasteiger partial charge in [-0.15, -0.1) is 5.10 Å². The minimum atomic E-state index is -3.39. The standard InChI is InChI=1S/C20H19N5O5S2/c1-32(29,30)22-15-7-4-13(5-8-15)18(26)11-31-20-21-23-24-25(20)17-9-6-14(19(27)28)10-16(17)12-2-3-12/h4-10,12,22H,2-3,11H2,1H3,(H,27,28). The second-order valence-corrected chi connectivity index (χ2v) is 10.1. The van der Waals surface area contributed by atoms with Crippen LogP contribution < -0.4 is 4.72 Å². The van der Waals surface area contributed by atoms with Crippen LogP contribution in [0.4, 0.5) is 5.69 Å². The van der Waals surface area contributed by atoms with Crippen LogP contribution in [0.5, 0.6) is 0 Å². The van der Waals surface area contributed by atoms with E-state index in [1.807, 2.05) is 0 Å². The minimum absolute atomic E-state index is 0.0746. The Morgan fingerprint density at radius 3 is 2.47 bits per heavy atom. The summed E-state index contributed by atoms with van der Waals surface area (Å²) in [6.07, 6.45) is 3.00. The number of Topliss-reactive ketones (excluding diaryl/α,β-unsaturated/α-hetero) is 1. The van der Waals surface area contributed by atoms with Crippen molar-refractivity contribution in [2.45, 2.75) is 23.9 Å². The van der Waals surface area contributed by atoms with Crippen molar-refractivity contribution in [3.8, 4) is 5.69 Å². The number of aromatic nitrogens is 4. The monoisotopic (exact) mass is 473 g/mol. The molecule has 0 aliphatic heterocycles. The molecule has 3 aromatic rings. The third-order valence-corrected chi connectivity index (χ3v) is 6.33. The fourth-order valence-corrected chi connectivity index (χ4v) is 4.52. The summed E-state index contributed by atoms with van der Waals surface area (Å²) in [6.45, 7) is 0. The number of carboxylic acid groups (broad SMARTS) is 1. The van der Waals surface area contributed by atoms with Gasteiger partial charge in [0.15, 0.2) is 5.78 Å². The molecule has 1 saturated carbocycles. The molecule has 0 bridgehead atoms. The van der Waals surface area contributed by atoms with Crippen LogP contribution in [0.1, 0.15) is 45.0 Å². The van der Waals surface area contributed by atoms with Crippen molar-refractivity contribution in [2.24, 2.45) is 0 Å². The molecule has 4 rings (SSSR count). The summed E-state index contributed by atoms with van der Waals surface area (Å²) >= 11 is 1.17. The Morgan fingerprint density at radius 2 is 1.84 bits per heavy atom. The number of carbonyl (C=O) groups excluding carboxylic acids is 1. The first-order valence-corrected chi connectivity index (χ1v) is 12.5. The summed E-state index contributed by atoms with van der Waals surface area (Å²) in [4.78, 5) is 23.9. The zero-order valence-corrected chi connectivity index (χ0v) is 18.6. The first kappa shape index (κ1) is 22.0. The van der Waals surface area contributed by atoms with Gasteiger partial charge in [0.1, 0.15) is 0 Å². The van der Waals surface area contributed by atoms with Crippen LogP contribution in [-0.2, 0) is 10.0 Å². The molecule has 0 unspecified atom stereocenters. The maximum absolute atomic E-state index is 12.6. The average Bonchev–Trinajstić information content (AvgIpc) is 3.49. The van der Waals surface area contributed by atoms with Gasteiger partial charge in [0.25, 0.3) is 0 Å². The number of carboxylic acids is 1. The van der Waals surface area contributed by atoms with Crippen molar-refractivity contribution < 1.29 is 23.1 Å². The number of benzene rings is 2. The lowest BCUT2D eigenvalue weighted by atomic mass is 10.0. The molecule has 2 N–H and O–H groups in total. The molecule has 0 saturated heterocycles. The van der Waals surface area contributed by atoms with Crippen LogP contribution in [-0.4, -0.2) is 57.5 Å². The minimum Gasteiger partial charge on any atom is -0.478 e. The third kappa shape index (κ3) is 5.14. The van der Waals surface area contributed by atoms with Crippen molar-refractivity contribution >= 4 is 39.2 Å². The molecule has 1 heterocycles. The zero-order valence-electron chi connectivity index (χ0n) is 16.9. The molecule has 166 valence electrons. The van der Waals surface area contributed by atoms with E-state index in [4.69, 9.17) is 0 Å². The molecule has 0 atom stereocenters. The van der Waals surface area contributed by atoms with E-state index in [-0.39, 0.29) is 23.0 Å². The van der Waals surface area contributed by atoms with Gasteiger partial charge in [-0.25, -0.2) is 13.2 Å². The predicted molar refractivity (Wildman–Crippen MR) is 118 cm³/mol. The zero-order chi connectivity index (χ0) is 22.9. The van der Waals surface area contributed by atoms with Gasteiger partial charge in [-0.2, -0.15) is 4.68 Å². The largest absolute Gasteiger partial charge is 0.478 e. The van der Waals surface area contributed by atoms with Crippen LogP contribution in [0.25, 0.3) is 5.69 Å². The van der Waals surface area contributed by atoms with Crippen molar-refractivity contribution in [1.29, 1.82) is 0 Å². The molecular formula is C20H19N5O5S2. The molecule has 0 amide bonds. The maximum atomic E-state index is 12.6. The first-order valence-electron chi connectivity index (χ1n) is 9.61. The molecule has 0 radical (unpaired) electrons. The Bertz CT molecular complexity index is 1280. The lowest BCUT2D eigenvalue weighted by Crippen LogP contribution is -2.10. The Labute approximate surface area is 188 Å². The Kier molecular flexibility index (Phi) is 5.98. The fraction of sp³-hybridized carbons (Fsp3) is 0.250. The number of carbonyl (C=O) groups is 2. The van der Waals surface area contributed by atoms with Crippen LogP contribution in [0, 0.1) is 0 Å². The van der Waals surface area contributed by atoms with E-state index in [9.17, 15) is 23.1 Å². The highest BCUT2D eigenvalue weighted by Gasteiger charge is 2.29. The summed E-state index contributed by atoms with van der Waals surface area (Å²) in [5, 5.41) is 21.5. The van der Waals surface area contributed by atoms with E-state index in [2.05, 4.69) is 20.2 Å². The number of anilines is 1. The lowest BCUT2D eigenvalue weighted by molar-refractivity contribution is 0.0696. The number of ketones is 1. The lowest BCUT2D eigenvalue weighted by Gasteiger charge is -2.11. The van der Waals surface area contributed by atoms with E-state index in [1.165, 1.54) is 34.6 Å². The molecule has 0 spiro atoms. The van der Waals surface area contributed by atoms with Gasteiger partial charge in [0, 0.05) is 11.3 Å². The number of nitrogens with zero attached hydrogens (tertiary/aromatic N) is 4. The smallest absolute Gasteiger partial charge is 0.335 e. The second-order valence-electron chi connectivity index (χ2n) is 7.39. The molecule has 12 heteroatoms. The number of thioether (sulfide) groups is 1. The summed E-state index contributed by atoms with van der Waals surface area (Å²) in [5.41, 5.74) is 2.59. The molecule has 1 aliphatic rings. The number of hydrogen-bond acceptors (Lipinski definition) is 8. The van der Waals surface area contributed by atoms with Crippen LogP contribution in [0.3, 0.4) is 0 Å². The van der Waals surface area contributed by atoms with Crippen LogP contribution >= 0.6 is 11.8 Å². The van der Waals surface area contributed by atoms with E-state index >= 15 is 0 Å². The van der Waals surface area contributed by atoms with Crippen molar-refractivity contribution in [1.82, 2.24) is 20.2 Å². The van der Waals surface area contributed by atoms with Gasteiger partial charge < -0.3 is 5.11 Å². The number of hydrogen-bond donors (Lipinski definition) is 2. The van der Waals surface area contributed by atoms with Crippen molar-refractivity contribution in [3.63, 3.8) is 0 Å². The predicted octanol–water partition coefficient (Wildman–Crippen LogP) is 2.58. The van der Waals surface area contributed by atoms with Gasteiger partial charge in [-0.05, 0) is 77.2 Å². The molecule has 1 fully saturated rings. The van der Waals surface area contributed by atoms with E-state index < -0.39 is 16.0 Å². The third-order valence-electron chi connectivity index (χ3n) is 4.80. The van der Waals surface area contributed by atoms with Crippen molar-refractivity contribution in [3.05, 3.63) is 59.2 Å². The topological polar surface area (TPSA) is 144 Å². The summed E-state index contributed by atoms with van der Waals surface area (Å²) in [7, 11) is -3.39. The highest BCUT2D eigenvalue weighted by atomic mass is 32.2. The molecular weight excluding hydrogens is 454 g/mol.